The lowest BCUT2D eigenvalue weighted by atomic mass is 9.99. The highest BCUT2D eigenvalue weighted by molar-refractivity contribution is 5.66. The Bertz CT molecular complexity index is 700. The quantitative estimate of drug-likeness (QED) is 0.332. The summed E-state index contributed by atoms with van der Waals surface area (Å²) in [7, 11) is 0. The average molecular weight is 428 g/mol. The number of carboxylic acid groups (broad SMARTS) is 1. The Morgan fingerprint density at radius 2 is 1.52 bits per heavy atom. The van der Waals surface area contributed by atoms with Crippen LogP contribution in [0.1, 0.15) is 87.4 Å². The van der Waals surface area contributed by atoms with E-state index in [9.17, 15) is 9.90 Å². The van der Waals surface area contributed by atoms with Crippen LogP contribution in [0, 0.1) is 6.92 Å². The van der Waals surface area contributed by atoms with Gasteiger partial charge in [-0.05, 0) is 37.3 Å². The molecule has 172 valence electrons. The number of nitrogens with two attached hydrogens (primary N) is 1. The van der Waals surface area contributed by atoms with Crippen molar-refractivity contribution < 1.29 is 15.0 Å². The molecule has 4 nitrogen and oxygen atoms in total. The zero-order chi connectivity index (χ0) is 22.9. The zero-order valence-electron chi connectivity index (χ0n) is 19.3. The molecule has 0 fully saturated rings. The Kier molecular flexibility index (Phi) is 14.3. The fourth-order valence-corrected chi connectivity index (χ4v) is 3.39. The van der Waals surface area contributed by atoms with E-state index in [1.165, 1.54) is 42.4 Å². The molecule has 2 aromatic rings. The minimum absolute atomic E-state index is 0.0804. The van der Waals surface area contributed by atoms with Gasteiger partial charge in [0.1, 0.15) is 0 Å². The van der Waals surface area contributed by atoms with E-state index in [0.29, 0.717) is 6.42 Å². The molecule has 1 unspecified atom stereocenters. The number of carboxylic acids is 1. The van der Waals surface area contributed by atoms with Gasteiger partial charge in [0.25, 0.3) is 0 Å². The van der Waals surface area contributed by atoms with Crippen LogP contribution in [-0.2, 0) is 11.2 Å². The van der Waals surface area contributed by atoms with E-state index >= 15 is 0 Å². The van der Waals surface area contributed by atoms with Gasteiger partial charge in [0.2, 0.25) is 0 Å². The minimum atomic E-state index is -0.822. The number of aliphatic carboxylic acids is 1. The fourth-order valence-electron chi connectivity index (χ4n) is 3.39. The highest BCUT2D eigenvalue weighted by Gasteiger charge is 2.07. The van der Waals surface area contributed by atoms with Crippen molar-refractivity contribution in [2.45, 2.75) is 90.2 Å². The Morgan fingerprint density at radius 3 is 2.13 bits per heavy atom. The molecule has 0 heterocycles. The molecular formula is C27H41NO3. The summed E-state index contributed by atoms with van der Waals surface area (Å²) in [6, 6.07) is 18.9. The first-order valence-corrected chi connectivity index (χ1v) is 11.7. The molecule has 0 spiro atoms. The van der Waals surface area contributed by atoms with E-state index in [4.69, 9.17) is 10.8 Å². The van der Waals surface area contributed by atoms with Gasteiger partial charge in [-0.3, -0.25) is 4.79 Å². The molecule has 0 radical (unpaired) electrons. The second kappa shape index (κ2) is 16.5. The fraction of sp³-hybridized carbons (Fsp3) is 0.519. The van der Waals surface area contributed by atoms with Crippen LogP contribution in [0.25, 0.3) is 0 Å². The molecule has 2 atom stereocenters. The first-order valence-electron chi connectivity index (χ1n) is 11.7. The van der Waals surface area contributed by atoms with Crippen molar-refractivity contribution in [3.8, 4) is 0 Å². The van der Waals surface area contributed by atoms with Gasteiger partial charge in [0.15, 0.2) is 0 Å². The van der Waals surface area contributed by atoms with Gasteiger partial charge in [-0.2, -0.15) is 0 Å². The van der Waals surface area contributed by atoms with Gasteiger partial charge in [0, 0.05) is 12.5 Å². The highest BCUT2D eigenvalue weighted by atomic mass is 16.4. The normalized spacial score (nSPS) is 12.5. The molecular weight excluding hydrogens is 386 g/mol. The van der Waals surface area contributed by atoms with Crippen LogP contribution in [-0.4, -0.2) is 22.3 Å². The van der Waals surface area contributed by atoms with E-state index in [0.717, 1.165) is 25.7 Å². The molecule has 0 saturated carbocycles. The molecule has 0 aliphatic heterocycles. The highest BCUT2D eigenvalue weighted by Crippen LogP contribution is 2.16. The van der Waals surface area contributed by atoms with Crippen molar-refractivity contribution in [1.82, 2.24) is 0 Å². The third-order valence-corrected chi connectivity index (χ3v) is 5.39. The van der Waals surface area contributed by atoms with Crippen LogP contribution in [0.2, 0.25) is 0 Å². The van der Waals surface area contributed by atoms with Crippen molar-refractivity contribution in [2.75, 3.05) is 0 Å². The molecule has 4 N–H and O–H groups in total. The summed E-state index contributed by atoms with van der Waals surface area (Å²) in [5.41, 5.74) is 9.94. The number of benzene rings is 2. The third kappa shape index (κ3) is 13.7. The van der Waals surface area contributed by atoms with E-state index in [2.05, 4.69) is 50.2 Å². The van der Waals surface area contributed by atoms with Crippen molar-refractivity contribution in [3.05, 3.63) is 71.3 Å². The molecule has 0 bridgehead atoms. The van der Waals surface area contributed by atoms with E-state index in [-0.39, 0.29) is 12.5 Å². The summed E-state index contributed by atoms with van der Waals surface area (Å²) < 4.78 is 0. The van der Waals surface area contributed by atoms with E-state index < -0.39 is 12.1 Å². The first-order chi connectivity index (χ1) is 14.9. The summed E-state index contributed by atoms with van der Waals surface area (Å²) in [6.07, 6.45) is 8.93. The summed E-state index contributed by atoms with van der Waals surface area (Å²) in [4.78, 5) is 10.2. The molecule has 0 aliphatic rings. The number of hydrogen-bond acceptors (Lipinski definition) is 3. The number of aliphatic hydroxyl groups excluding tert-OH is 1. The lowest BCUT2D eigenvalue weighted by molar-refractivity contribution is -0.137. The van der Waals surface area contributed by atoms with Crippen LogP contribution in [0.15, 0.2) is 54.6 Å². The smallest absolute Gasteiger partial charge is 0.303 e. The molecule has 0 amide bonds. The van der Waals surface area contributed by atoms with E-state index in [1.807, 2.05) is 18.2 Å². The minimum Gasteiger partial charge on any atom is -0.481 e. The molecule has 2 aromatic carbocycles. The maximum absolute atomic E-state index is 10.2. The number of carbonyl (C=O) groups is 1. The predicted octanol–water partition coefficient (Wildman–Crippen LogP) is 6.20. The van der Waals surface area contributed by atoms with Crippen molar-refractivity contribution >= 4 is 5.97 Å². The van der Waals surface area contributed by atoms with Crippen LogP contribution >= 0.6 is 0 Å². The molecule has 2 rings (SSSR count). The van der Waals surface area contributed by atoms with Crippen molar-refractivity contribution in [2.24, 2.45) is 5.73 Å². The lowest BCUT2D eigenvalue weighted by Crippen LogP contribution is -2.13. The molecule has 0 aromatic heterocycles. The van der Waals surface area contributed by atoms with Crippen LogP contribution < -0.4 is 5.73 Å². The van der Waals surface area contributed by atoms with Gasteiger partial charge < -0.3 is 15.9 Å². The maximum Gasteiger partial charge on any atom is 0.303 e. The van der Waals surface area contributed by atoms with Gasteiger partial charge in [-0.15, -0.1) is 0 Å². The average Bonchev–Trinajstić information content (AvgIpc) is 2.77. The summed E-state index contributed by atoms with van der Waals surface area (Å²) in [5.74, 6) is -0.822. The molecule has 4 heteroatoms. The van der Waals surface area contributed by atoms with Crippen LogP contribution in [0.4, 0.5) is 0 Å². The number of hydrogen-bond donors (Lipinski definition) is 3. The number of aryl methyl sites for hydroxylation is 1. The lowest BCUT2D eigenvalue weighted by Gasteiger charge is -2.12. The summed E-state index contributed by atoms with van der Waals surface area (Å²) in [6.45, 7) is 4.29. The van der Waals surface area contributed by atoms with Gasteiger partial charge >= 0.3 is 5.97 Å². The van der Waals surface area contributed by atoms with Crippen molar-refractivity contribution in [3.63, 3.8) is 0 Å². The monoisotopic (exact) mass is 427 g/mol. The number of aliphatic hydroxyl groups is 1. The molecule has 31 heavy (non-hydrogen) atoms. The Morgan fingerprint density at radius 1 is 0.903 bits per heavy atom. The molecule has 0 aliphatic carbocycles. The SMILES string of the molecule is CCCCCCCC[C@H](O)CCC(=O)O.Cc1ccc(CC(N)c2ccccc2)cc1. The first kappa shape index (κ1) is 26.9. The topological polar surface area (TPSA) is 83.5 Å². The molecule has 0 saturated heterocycles. The van der Waals surface area contributed by atoms with Crippen LogP contribution in [0.3, 0.4) is 0 Å². The number of rotatable bonds is 13. The Labute approximate surface area is 188 Å². The van der Waals surface area contributed by atoms with Gasteiger partial charge in [-0.25, -0.2) is 0 Å². The second-order valence-electron chi connectivity index (χ2n) is 8.35. The Hall–Kier alpha value is -2.17. The zero-order valence-corrected chi connectivity index (χ0v) is 19.3. The Balaban J connectivity index is 0.000000311. The van der Waals surface area contributed by atoms with Crippen LogP contribution in [0.5, 0.6) is 0 Å². The summed E-state index contributed by atoms with van der Waals surface area (Å²) >= 11 is 0. The predicted molar refractivity (Wildman–Crippen MR) is 129 cm³/mol. The van der Waals surface area contributed by atoms with Gasteiger partial charge in [0.05, 0.1) is 6.10 Å². The van der Waals surface area contributed by atoms with E-state index in [1.54, 1.807) is 0 Å². The second-order valence-corrected chi connectivity index (χ2v) is 8.35. The third-order valence-electron chi connectivity index (χ3n) is 5.39. The number of unbranched alkanes of at least 4 members (excludes halogenated alkanes) is 5. The largest absolute Gasteiger partial charge is 0.481 e. The summed E-state index contributed by atoms with van der Waals surface area (Å²) in [5, 5.41) is 17.9. The standard InChI is InChI=1S/C15H17N.C12H24O3/c1-12-7-9-13(10-8-12)11-15(16)14-5-3-2-4-6-14;1-2-3-4-5-6-7-8-11(13)9-10-12(14)15/h2-10,15H,11,16H2,1H3;11,13H,2-10H2,1H3,(H,14,15)/t;11-/m.0/s1. The maximum atomic E-state index is 10.2. The van der Waals surface area contributed by atoms with Crippen molar-refractivity contribution in [1.29, 1.82) is 0 Å². The van der Waals surface area contributed by atoms with Gasteiger partial charge in [-0.1, -0.05) is 106 Å².